The predicted octanol–water partition coefficient (Wildman–Crippen LogP) is 2.83. The number of rotatable bonds is 6. The summed E-state index contributed by atoms with van der Waals surface area (Å²) >= 11 is 0. The molecule has 0 N–H and O–H groups in total. The van der Waals surface area contributed by atoms with Crippen molar-refractivity contribution in [3.8, 4) is 0 Å². The average Bonchev–Trinajstić information content (AvgIpc) is 3.25. The molecular formula is C22H31N5O3. The van der Waals surface area contributed by atoms with Crippen molar-refractivity contribution in [2.45, 2.75) is 69.7 Å². The van der Waals surface area contributed by atoms with Crippen LogP contribution in [0.3, 0.4) is 0 Å². The minimum absolute atomic E-state index is 0.117. The monoisotopic (exact) mass is 413 g/mol. The Morgan fingerprint density at radius 3 is 2.83 bits per heavy atom. The number of likely N-dealkylation sites (tertiary alicyclic amines) is 1. The molecule has 1 saturated carbocycles. The van der Waals surface area contributed by atoms with Gasteiger partial charge < -0.3 is 14.2 Å². The highest BCUT2D eigenvalue weighted by Crippen LogP contribution is 2.46. The van der Waals surface area contributed by atoms with Crippen molar-refractivity contribution >= 4 is 5.91 Å². The molecule has 1 atom stereocenters. The van der Waals surface area contributed by atoms with Crippen LogP contribution in [0, 0.1) is 12.8 Å². The lowest BCUT2D eigenvalue weighted by molar-refractivity contribution is -0.134. The van der Waals surface area contributed by atoms with Crippen LogP contribution in [0.15, 0.2) is 16.9 Å². The van der Waals surface area contributed by atoms with Crippen LogP contribution < -0.4 is 0 Å². The van der Waals surface area contributed by atoms with Gasteiger partial charge in [-0.25, -0.2) is 0 Å². The smallest absolute Gasteiger partial charge is 0.244 e. The molecular weight excluding hydrogens is 382 g/mol. The van der Waals surface area contributed by atoms with Crippen LogP contribution in [0.2, 0.25) is 0 Å². The Kier molecular flexibility index (Phi) is 5.35. The number of ether oxygens (including phenoxy) is 1. The van der Waals surface area contributed by atoms with Crippen molar-refractivity contribution in [1.82, 2.24) is 24.8 Å². The van der Waals surface area contributed by atoms with E-state index in [1.807, 2.05) is 18.0 Å². The van der Waals surface area contributed by atoms with Gasteiger partial charge in [0.25, 0.3) is 0 Å². The Morgan fingerprint density at radius 1 is 1.27 bits per heavy atom. The predicted molar refractivity (Wildman–Crippen MR) is 109 cm³/mol. The fourth-order valence-electron chi connectivity index (χ4n) is 5.01. The summed E-state index contributed by atoms with van der Waals surface area (Å²) in [5.41, 5.74) is 0.874. The summed E-state index contributed by atoms with van der Waals surface area (Å²) in [5.74, 6) is 2.69. The maximum atomic E-state index is 13.0. The lowest BCUT2D eigenvalue weighted by Gasteiger charge is -2.41. The molecule has 8 nitrogen and oxygen atoms in total. The van der Waals surface area contributed by atoms with Crippen molar-refractivity contribution < 1.29 is 14.1 Å². The average molecular weight is 414 g/mol. The highest BCUT2D eigenvalue weighted by molar-refractivity contribution is 5.76. The van der Waals surface area contributed by atoms with Gasteiger partial charge in [0.15, 0.2) is 5.82 Å². The van der Waals surface area contributed by atoms with Gasteiger partial charge in [0.2, 0.25) is 11.8 Å². The number of aromatic nitrogens is 4. The zero-order valence-corrected chi connectivity index (χ0v) is 17.8. The largest absolute Gasteiger partial charge is 0.381 e. The Bertz CT molecular complexity index is 883. The van der Waals surface area contributed by atoms with E-state index in [0.29, 0.717) is 12.5 Å². The number of carbonyl (C=O) groups is 1. The van der Waals surface area contributed by atoms with Gasteiger partial charge in [-0.2, -0.15) is 10.1 Å². The number of hydrogen-bond acceptors (Lipinski definition) is 6. The zero-order chi connectivity index (χ0) is 20.6. The molecule has 2 aromatic rings. The first-order valence-electron chi connectivity index (χ1n) is 11.3. The standard InChI is InChI=1S/C22H31N5O3/c1-16-12-23-27(13-16)14-19(28)26-8-2-7-22(15-26,11-17-3-4-17)21-24-20(30-25-21)18-5-9-29-10-6-18/h12-13,17-18H,2-11,14-15H2,1H3. The molecule has 1 amide bonds. The molecule has 4 heterocycles. The van der Waals surface area contributed by atoms with Crippen LogP contribution in [0.25, 0.3) is 0 Å². The molecule has 2 saturated heterocycles. The van der Waals surface area contributed by atoms with Crippen molar-refractivity contribution in [3.63, 3.8) is 0 Å². The molecule has 0 bridgehead atoms. The van der Waals surface area contributed by atoms with Gasteiger partial charge in [0.1, 0.15) is 6.54 Å². The van der Waals surface area contributed by atoms with Gasteiger partial charge >= 0.3 is 0 Å². The maximum absolute atomic E-state index is 13.0. The molecule has 30 heavy (non-hydrogen) atoms. The summed E-state index contributed by atoms with van der Waals surface area (Å²) in [5, 5.41) is 8.74. The lowest BCUT2D eigenvalue weighted by atomic mass is 9.74. The summed E-state index contributed by atoms with van der Waals surface area (Å²) in [7, 11) is 0. The minimum atomic E-state index is -0.192. The molecule has 3 fully saturated rings. The topological polar surface area (TPSA) is 86.3 Å². The van der Waals surface area contributed by atoms with Gasteiger partial charge in [0, 0.05) is 38.4 Å². The second kappa shape index (κ2) is 8.13. The third kappa shape index (κ3) is 4.15. The van der Waals surface area contributed by atoms with Crippen molar-refractivity contribution in [1.29, 1.82) is 0 Å². The van der Waals surface area contributed by atoms with Gasteiger partial charge in [-0.3, -0.25) is 9.48 Å². The third-order valence-corrected chi connectivity index (χ3v) is 6.85. The molecule has 162 valence electrons. The highest BCUT2D eigenvalue weighted by atomic mass is 16.5. The highest BCUT2D eigenvalue weighted by Gasteiger charge is 2.46. The summed E-state index contributed by atoms with van der Waals surface area (Å²) in [6, 6.07) is 0. The van der Waals surface area contributed by atoms with Crippen molar-refractivity contribution in [3.05, 3.63) is 29.7 Å². The van der Waals surface area contributed by atoms with Crippen LogP contribution in [-0.2, 0) is 21.5 Å². The van der Waals surface area contributed by atoms with E-state index in [0.717, 1.165) is 75.1 Å². The molecule has 3 aliphatic rings. The first kappa shape index (κ1) is 19.7. The van der Waals surface area contributed by atoms with Crippen LogP contribution in [0.4, 0.5) is 0 Å². The molecule has 2 aliphatic heterocycles. The van der Waals surface area contributed by atoms with Gasteiger partial charge in [-0.1, -0.05) is 18.0 Å². The van der Waals surface area contributed by atoms with E-state index in [2.05, 4.69) is 10.3 Å². The number of aryl methyl sites for hydroxylation is 1. The second-order valence-corrected chi connectivity index (χ2v) is 9.40. The molecule has 1 unspecified atom stereocenters. The number of piperidine rings is 1. The molecule has 1 aliphatic carbocycles. The fourth-order valence-corrected chi connectivity index (χ4v) is 5.01. The Morgan fingerprint density at radius 2 is 2.10 bits per heavy atom. The van der Waals surface area contributed by atoms with E-state index in [1.165, 1.54) is 12.8 Å². The molecule has 8 heteroatoms. The SMILES string of the molecule is Cc1cnn(CC(=O)N2CCCC(CC3CC3)(c3noc(C4CCOCC4)n3)C2)c1. The first-order valence-corrected chi connectivity index (χ1v) is 11.3. The van der Waals surface area contributed by atoms with Crippen LogP contribution in [-0.4, -0.2) is 57.0 Å². The molecule has 2 aromatic heterocycles. The first-order chi connectivity index (χ1) is 14.6. The summed E-state index contributed by atoms with van der Waals surface area (Å²) in [4.78, 5) is 19.9. The van der Waals surface area contributed by atoms with E-state index < -0.39 is 0 Å². The van der Waals surface area contributed by atoms with E-state index in [4.69, 9.17) is 14.2 Å². The van der Waals surface area contributed by atoms with Crippen molar-refractivity contribution in [2.24, 2.45) is 5.92 Å². The van der Waals surface area contributed by atoms with E-state index in [-0.39, 0.29) is 17.9 Å². The Balaban J connectivity index is 1.35. The van der Waals surface area contributed by atoms with Crippen LogP contribution in [0.1, 0.15) is 68.1 Å². The fraction of sp³-hybridized carbons (Fsp3) is 0.727. The second-order valence-electron chi connectivity index (χ2n) is 9.40. The zero-order valence-electron chi connectivity index (χ0n) is 17.8. The summed E-state index contributed by atoms with van der Waals surface area (Å²) < 4.78 is 12.9. The third-order valence-electron chi connectivity index (χ3n) is 6.85. The van der Waals surface area contributed by atoms with E-state index >= 15 is 0 Å². The van der Waals surface area contributed by atoms with Crippen molar-refractivity contribution in [2.75, 3.05) is 26.3 Å². The van der Waals surface area contributed by atoms with Gasteiger partial charge in [-0.15, -0.1) is 0 Å². The molecule has 5 rings (SSSR count). The van der Waals surface area contributed by atoms with Gasteiger partial charge in [0.05, 0.1) is 11.6 Å². The van der Waals surface area contributed by atoms with E-state index in [9.17, 15) is 4.79 Å². The van der Waals surface area contributed by atoms with E-state index in [1.54, 1.807) is 10.9 Å². The maximum Gasteiger partial charge on any atom is 0.244 e. The number of nitrogens with zero attached hydrogens (tertiary/aromatic N) is 5. The number of amides is 1. The minimum Gasteiger partial charge on any atom is -0.381 e. The summed E-state index contributed by atoms with van der Waals surface area (Å²) in [6.07, 6.45) is 11.1. The molecule has 0 radical (unpaired) electrons. The van der Waals surface area contributed by atoms with Crippen LogP contribution in [0.5, 0.6) is 0 Å². The summed E-state index contributed by atoms with van der Waals surface area (Å²) in [6.45, 7) is 5.25. The number of carbonyl (C=O) groups excluding carboxylic acids is 1. The van der Waals surface area contributed by atoms with Crippen LogP contribution >= 0.6 is 0 Å². The Labute approximate surface area is 177 Å². The van der Waals surface area contributed by atoms with Gasteiger partial charge in [-0.05, 0) is 50.5 Å². The lowest BCUT2D eigenvalue weighted by Crippen LogP contribution is -2.50. The molecule has 0 aromatic carbocycles. The molecule has 0 spiro atoms. The number of hydrogen-bond donors (Lipinski definition) is 0. The Hall–Kier alpha value is -2.22. The quantitative estimate of drug-likeness (QED) is 0.724. The normalized spacial score (nSPS) is 25.6.